The van der Waals surface area contributed by atoms with E-state index in [2.05, 4.69) is 20.6 Å². The lowest BCUT2D eigenvalue weighted by molar-refractivity contribution is -0.132. The molecule has 0 unspecified atom stereocenters. The van der Waals surface area contributed by atoms with E-state index in [1.165, 1.54) is 6.07 Å². The first-order chi connectivity index (χ1) is 11.6. The molecule has 1 aromatic heterocycles. The van der Waals surface area contributed by atoms with E-state index < -0.39 is 11.6 Å². The molecule has 1 aliphatic rings. The normalized spacial score (nSPS) is 17.9. The highest BCUT2D eigenvalue weighted by Gasteiger charge is 2.26. The van der Waals surface area contributed by atoms with Crippen LogP contribution in [0, 0.1) is 11.6 Å². The van der Waals surface area contributed by atoms with Crippen LogP contribution in [0.3, 0.4) is 0 Å². The Morgan fingerprint density at radius 1 is 1.33 bits per heavy atom. The SMILES string of the molecule is O=C(CCCc1ccc(F)c(F)c1)N1CCC[C@@H](c2nn[nH]n2)C1. The quantitative estimate of drug-likeness (QED) is 0.909. The van der Waals surface area contributed by atoms with Gasteiger partial charge < -0.3 is 4.90 Å². The van der Waals surface area contributed by atoms with Crippen LogP contribution in [-0.4, -0.2) is 44.5 Å². The van der Waals surface area contributed by atoms with Gasteiger partial charge in [-0.05, 0) is 43.4 Å². The number of carbonyl (C=O) groups is 1. The third-order valence-electron chi connectivity index (χ3n) is 4.34. The van der Waals surface area contributed by atoms with Crippen LogP contribution in [-0.2, 0) is 11.2 Å². The predicted molar refractivity (Wildman–Crippen MR) is 82.0 cm³/mol. The zero-order chi connectivity index (χ0) is 16.9. The Balaban J connectivity index is 1.48. The van der Waals surface area contributed by atoms with E-state index >= 15 is 0 Å². The van der Waals surface area contributed by atoms with E-state index in [0.29, 0.717) is 37.2 Å². The second-order valence-corrected chi connectivity index (χ2v) is 6.05. The number of hydrogen-bond acceptors (Lipinski definition) is 4. The van der Waals surface area contributed by atoms with E-state index in [9.17, 15) is 13.6 Å². The summed E-state index contributed by atoms with van der Waals surface area (Å²) in [6.45, 7) is 1.34. The van der Waals surface area contributed by atoms with E-state index in [1.54, 1.807) is 6.07 Å². The number of benzene rings is 1. The molecule has 24 heavy (non-hydrogen) atoms. The van der Waals surface area contributed by atoms with Crippen molar-refractivity contribution in [1.29, 1.82) is 0 Å². The Morgan fingerprint density at radius 2 is 2.21 bits per heavy atom. The highest BCUT2D eigenvalue weighted by Crippen LogP contribution is 2.24. The number of nitrogens with zero attached hydrogens (tertiary/aromatic N) is 4. The number of nitrogens with one attached hydrogen (secondary N) is 1. The number of aromatic amines is 1. The smallest absolute Gasteiger partial charge is 0.222 e. The fourth-order valence-electron chi connectivity index (χ4n) is 3.05. The van der Waals surface area contributed by atoms with E-state index in [0.717, 1.165) is 25.5 Å². The minimum absolute atomic E-state index is 0.0748. The van der Waals surface area contributed by atoms with Gasteiger partial charge in [0.1, 0.15) is 0 Å². The summed E-state index contributed by atoms with van der Waals surface area (Å²) in [4.78, 5) is 14.2. The number of amides is 1. The van der Waals surface area contributed by atoms with Crippen molar-refractivity contribution in [2.45, 2.75) is 38.0 Å². The Labute approximate surface area is 138 Å². The lowest BCUT2D eigenvalue weighted by Crippen LogP contribution is -2.39. The summed E-state index contributed by atoms with van der Waals surface area (Å²) >= 11 is 0. The van der Waals surface area contributed by atoms with Crippen molar-refractivity contribution >= 4 is 5.91 Å². The van der Waals surface area contributed by atoms with Gasteiger partial charge in [0.2, 0.25) is 5.91 Å². The van der Waals surface area contributed by atoms with E-state index in [-0.39, 0.29) is 11.8 Å². The molecular weight excluding hydrogens is 316 g/mol. The summed E-state index contributed by atoms with van der Waals surface area (Å²) in [5, 5.41) is 14.0. The second-order valence-electron chi connectivity index (χ2n) is 6.05. The van der Waals surface area contributed by atoms with Gasteiger partial charge in [-0.3, -0.25) is 4.79 Å². The van der Waals surface area contributed by atoms with Crippen molar-refractivity contribution < 1.29 is 13.6 Å². The summed E-state index contributed by atoms with van der Waals surface area (Å²) in [6, 6.07) is 3.86. The zero-order valence-corrected chi connectivity index (χ0v) is 13.2. The molecule has 1 aromatic carbocycles. The van der Waals surface area contributed by atoms with Crippen LogP contribution < -0.4 is 0 Å². The van der Waals surface area contributed by atoms with Crippen LogP contribution in [0.25, 0.3) is 0 Å². The Hall–Kier alpha value is -2.38. The summed E-state index contributed by atoms with van der Waals surface area (Å²) < 4.78 is 26.1. The number of likely N-dealkylation sites (tertiary alicyclic amines) is 1. The van der Waals surface area contributed by atoms with Gasteiger partial charge in [0.25, 0.3) is 0 Å². The van der Waals surface area contributed by atoms with Gasteiger partial charge in [-0.25, -0.2) is 8.78 Å². The minimum Gasteiger partial charge on any atom is -0.342 e. The summed E-state index contributed by atoms with van der Waals surface area (Å²) in [7, 11) is 0. The largest absolute Gasteiger partial charge is 0.342 e. The standard InChI is InChI=1S/C16H19F2N5O/c17-13-7-6-11(9-14(13)18)3-1-5-15(24)23-8-2-4-12(10-23)16-19-21-22-20-16/h6-7,9,12H,1-5,8,10H2,(H,19,20,21,22)/t12-/m1/s1. The topological polar surface area (TPSA) is 74.8 Å². The third-order valence-corrected chi connectivity index (χ3v) is 4.34. The van der Waals surface area contributed by atoms with Crippen LogP contribution in [0.4, 0.5) is 8.78 Å². The molecule has 128 valence electrons. The summed E-state index contributed by atoms with van der Waals surface area (Å²) in [6.07, 6.45) is 3.39. The molecule has 0 radical (unpaired) electrons. The summed E-state index contributed by atoms with van der Waals surface area (Å²) in [5.74, 6) is -0.860. The van der Waals surface area contributed by atoms with Crippen LogP contribution in [0.2, 0.25) is 0 Å². The maximum absolute atomic E-state index is 13.2. The number of carbonyl (C=O) groups excluding carboxylic acids is 1. The van der Waals surface area contributed by atoms with Gasteiger partial charge in [0, 0.05) is 25.4 Å². The average Bonchev–Trinajstić information content (AvgIpc) is 3.13. The van der Waals surface area contributed by atoms with Gasteiger partial charge in [-0.2, -0.15) is 5.21 Å². The highest BCUT2D eigenvalue weighted by molar-refractivity contribution is 5.76. The molecule has 1 fully saturated rings. The fraction of sp³-hybridized carbons (Fsp3) is 0.500. The van der Waals surface area contributed by atoms with Gasteiger partial charge in [-0.15, -0.1) is 10.2 Å². The van der Waals surface area contributed by atoms with Crippen molar-refractivity contribution in [1.82, 2.24) is 25.5 Å². The maximum Gasteiger partial charge on any atom is 0.222 e. The molecule has 0 saturated carbocycles. The molecule has 2 heterocycles. The maximum atomic E-state index is 13.2. The first-order valence-electron chi connectivity index (χ1n) is 8.08. The van der Waals surface area contributed by atoms with Crippen molar-refractivity contribution in [3.8, 4) is 0 Å². The molecule has 0 spiro atoms. The van der Waals surface area contributed by atoms with Gasteiger partial charge in [-0.1, -0.05) is 11.3 Å². The number of hydrogen-bond donors (Lipinski definition) is 1. The molecule has 2 aromatic rings. The number of tetrazole rings is 1. The molecule has 1 amide bonds. The molecule has 1 atom stereocenters. The average molecular weight is 335 g/mol. The van der Waals surface area contributed by atoms with Crippen molar-refractivity contribution in [2.75, 3.05) is 13.1 Å². The first kappa shape index (κ1) is 16.5. The predicted octanol–water partition coefficient (Wildman–Crippen LogP) is 2.21. The van der Waals surface area contributed by atoms with Crippen LogP contribution in [0.15, 0.2) is 18.2 Å². The molecule has 8 heteroatoms. The van der Waals surface area contributed by atoms with Gasteiger partial charge in [0.15, 0.2) is 17.5 Å². The molecule has 0 aliphatic carbocycles. The molecule has 0 bridgehead atoms. The lowest BCUT2D eigenvalue weighted by atomic mass is 9.97. The van der Waals surface area contributed by atoms with Gasteiger partial charge >= 0.3 is 0 Å². The van der Waals surface area contributed by atoms with Crippen molar-refractivity contribution in [3.63, 3.8) is 0 Å². The van der Waals surface area contributed by atoms with Crippen LogP contribution in [0.5, 0.6) is 0 Å². The Morgan fingerprint density at radius 3 is 2.96 bits per heavy atom. The molecule has 6 nitrogen and oxygen atoms in total. The van der Waals surface area contributed by atoms with Crippen LogP contribution in [0.1, 0.15) is 43.0 Å². The summed E-state index contributed by atoms with van der Waals surface area (Å²) in [5.41, 5.74) is 0.699. The van der Waals surface area contributed by atoms with Crippen LogP contribution >= 0.6 is 0 Å². The Bertz CT molecular complexity index is 692. The highest BCUT2D eigenvalue weighted by atomic mass is 19.2. The first-order valence-corrected chi connectivity index (χ1v) is 8.08. The van der Waals surface area contributed by atoms with Crippen molar-refractivity contribution in [3.05, 3.63) is 41.2 Å². The second kappa shape index (κ2) is 7.46. The number of rotatable bonds is 5. The number of piperidine rings is 1. The van der Waals surface area contributed by atoms with Crippen molar-refractivity contribution in [2.24, 2.45) is 0 Å². The molecule has 1 aliphatic heterocycles. The number of H-pyrrole nitrogens is 1. The fourth-order valence-corrected chi connectivity index (χ4v) is 3.05. The number of aryl methyl sites for hydroxylation is 1. The zero-order valence-electron chi connectivity index (χ0n) is 13.2. The molecule has 1 saturated heterocycles. The monoisotopic (exact) mass is 335 g/mol. The van der Waals surface area contributed by atoms with E-state index in [1.807, 2.05) is 4.90 Å². The molecule has 1 N–H and O–H groups in total. The Kier molecular flexibility index (Phi) is 5.12. The third kappa shape index (κ3) is 3.93. The molecule has 3 rings (SSSR count). The minimum atomic E-state index is -0.851. The number of halogens is 2. The number of aromatic nitrogens is 4. The van der Waals surface area contributed by atoms with Gasteiger partial charge in [0.05, 0.1) is 0 Å². The lowest BCUT2D eigenvalue weighted by Gasteiger charge is -2.31. The van der Waals surface area contributed by atoms with E-state index in [4.69, 9.17) is 0 Å². The molecular formula is C16H19F2N5O.